The highest BCUT2D eigenvalue weighted by Gasteiger charge is 2.14. The van der Waals surface area contributed by atoms with E-state index in [1.54, 1.807) is 14.2 Å². The van der Waals surface area contributed by atoms with Crippen molar-refractivity contribution in [1.82, 2.24) is 4.98 Å². The summed E-state index contributed by atoms with van der Waals surface area (Å²) in [5.74, 6) is 1.57. The molecule has 0 saturated heterocycles. The number of methoxy groups -OCH3 is 2. The number of hydrogen-bond acceptors (Lipinski definition) is 5. The minimum Gasteiger partial charge on any atom is -0.497 e. The van der Waals surface area contributed by atoms with Crippen molar-refractivity contribution < 1.29 is 9.47 Å². The Morgan fingerprint density at radius 1 is 0.559 bits per heavy atom. The highest BCUT2D eigenvalue weighted by atomic mass is 16.5. The summed E-state index contributed by atoms with van der Waals surface area (Å²) < 4.78 is 11.2. The zero-order chi connectivity index (χ0) is 24.2. The third-order valence-electron chi connectivity index (χ3n) is 5.90. The minimum atomic E-state index is 0.779. The van der Waals surface area contributed by atoms with E-state index in [4.69, 9.17) is 14.5 Å². The summed E-state index contributed by atoms with van der Waals surface area (Å²) in [7, 11) is 11.5. The molecule has 0 amide bonds. The third-order valence-corrected chi connectivity index (χ3v) is 5.90. The van der Waals surface area contributed by atoms with Crippen LogP contribution in [-0.2, 0) is 0 Å². The summed E-state index contributed by atoms with van der Waals surface area (Å²) >= 11 is 0. The predicted octanol–water partition coefficient (Wildman–Crippen LogP) is 6.23. The molecule has 1 heterocycles. The Bertz CT molecular complexity index is 1190. The predicted molar refractivity (Wildman–Crippen MR) is 142 cm³/mol. The second kappa shape index (κ2) is 9.87. The van der Waals surface area contributed by atoms with Crippen LogP contribution in [0.15, 0.2) is 78.9 Å². The van der Waals surface area contributed by atoms with Gasteiger partial charge in [0, 0.05) is 56.3 Å². The summed E-state index contributed by atoms with van der Waals surface area (Å²) in [5, 5.41) is 0. The summed E-state index contributed by atoms with van der Waals surface area (Å²) in [6, 6.07) is 27.0. The molecule has 0 fully saturated rings. The maximum atomic E-state index is 5.69. The molecule has 1 aromatic heterocycles. The van der Waals surface area contributed by atoms with E-state index in [0.29, 0.717) is 0 Å². The Morgan fingerprint density at radius 2 is 1.06 bits per heavy atom. The van der Waals surface area contributed by atoms with Gasteiger partial charge < -0.3 is 19.3 Å². The molecule has 0 saturated carbocycles. The Labute approximate surface area is 202 Å². The van der Waals surface area contributed by atoms with Crippen LogP contribution in [0.3, 0.4) is 0 Å². The lowest BCUT2D eigenvalue weighted by Gasteiger charge is -2.16. The van der Waals surface area contributed by atoms with E-state index < -0.39 is 0 Å². The fourth-order valence-corrected chi connectivity index (χ4v) is 3.88. The molecule has 5 heteroatoms. The Balaban J connectivity index is 1.89. The van der Waals surface area contributed by atoms with Gasteiger partial charge in [-0.3, -0.25) is 0 Å². The molecular formula is C29H31N3O2. The van der Waals surface area contributed by atoms with Crippen LogP contribution in [-0.4, -0.2) is 47.4 Å². The number of benzene rings is 3. The molecule has 4 rings (SSSR count). The van der Waals surface area contributed by atoms with Crippen molar-refractivity contribution in [3.05, 3.63) is 78.9 Å². The molecule has 174 valence electrons. The van der Waals surface area contributed by atoms with E-state index in [2.05, 4.69) is 70.5 Å². The second-order valence-electron chi connectivity index (χ2n) is 8.58. The number of pyridine rings is 1. The fraction of sp³-hybridized carbons (Fsp3) is 0.207. The van der Waals surface area contributed by atoms with E-state index in [0.717, 1.165) is 56.5 Å². The molecule has 0 N–H and O–H groups in total. The highest BCUT2D eigenvalue weighted by molar-refractivity contribution is 5.80. The van der Waals surface area contributed by atoms with Crippen LogP contribution >= 0.6 is 0 Å². The van der Waals surface area contributed by atoms with Gasteiger partial charge in [-0.25, -0.2) is 4.98 Å². The van der Waals surface area contributed by atoms with Crippen molar-refractivity contribution in [2.24, 2.45) is 0 Å². The molecular weight excluding hydrogens is 422 g/mol. The smallest absolute Gasteiger partial charge is 0.126 e. The Kier molecular flexibility index (Phi) is 6.73. The van der Waals surface area contributed by atoms with Crippen molar-refractivity contribution in [3.63, 3.8) is 0 Å². The summed E-state index contributed by atoms with van der Waals surface area (Å²) in [6.45, 7) is 0. The van der Waals surface area contributed by atoms with E-state index in [1.165, 1.54) is 0 Å². The monoisotopic (exact) mass is 453 g/mol. The van der Waals surface area contributed by atoms with Gasteiger partial charge in [-0.05, 0) is 60.2 Å². The standard InChI is InChI=1S/C29H31N3O2/c1-31(2)23-11-7-20(8-12-23)27-17-22(26-19-25(33-5)15-16-29(26)34-6)18-28(30-27)21-9-13-24(14-10-21)32(3)4/h7-19H,1-6H3. The van der Waals surface area contributed by atoms with Gasteiger partial charge in [0.25, 0.3) is 0 Å². The van der Waals surface area contributed by atoms with Crippen molar-refractivity contribution in [2.45, 2.75) is 0 Å². The van der Waals surface area contributed by atoms with Crippen LogP contribution in [0.5, 0.6) is 11.5 Å². The average molecular weight is 454 g/mol. The minimum absolute atomic E-state index is 0.779. The fourth-order valence-electron chi connectivity index (χ4n) is 3.88. The van der Waals surface area contributed by atoms with Crippen molar-refractivity contribution in [1.29, 1.82) is 0 Å². The molecule has 4 aromatic rings. The molecule has 0 atom stereocenters. The zero-order valence-electron chi connectivity index (χ0n) is 20.7. The van der Waals surface area contributed by atoms with Gasteiger partial charge in [-0.15, -0.1) is 0 Å². The van der Waals surface area contributed by atoms with Crippen LogP contribution in [0, 0.1) is 0 Å². The van der Waals surface area contributed by atoms with Crippen LogP contribution in [0.2, 0.25) is 0 Å². The molecule has 5 nitrogen and oxygen atoms in total. The molecule has 0 spiro atoms. The first-order chi connectivity index (χ1) is 16.4. The maximum absolute atomic E-state index is 5.69. The first kappa shape index (κ1) is 23.2. The molecule has 34 heavy (non-hydrogen) atoms. The van der Waals surface area contributed by atoms with E-state index in [9.17, 15) is 0 Å². The molecule has 0 aliphatic rings. The van der Waals surface area contributed by atoms with Gasteiger partial charge >= 0.3 is 0 Å². The van der Waals surface area contributed by atoms with Crippen molar-refractivity contribution in [3.8, 4) is 45.1 Å². The first-order valence-corrected chi connectivity index (χ1v) is 11.2. The Hall–Kier alpha value is -3.99. The molecule has 0 unspecified atom stereocenters. The van der Waals surface area contributed by atoms with Crippen molar-refractivity contribution >= 4 is 11.4 Å². The third kappa shape index (κ3) is 4.84. The number of nitrogens with zero attached hydrogens (tertiary/aromatic N) is 3. The van der Waals surface area contributed by atoms with E-state index in [1.807, 2.05) is 46.4 Å². The summed E-state index contributed by atoms with van der Waals surface area (Å²) in [5.41, 5.74) is 8.19. The van der Waals surface area contributed by atoms with Gasteiger partial charge in [0.2, 0.25) is 0 Å². The first-order valence-electron chi connectivity index (χ1n) is 11.2. The quantitative estimate of drug-likeness (QED) is 0.332. The van der Waals surface area contributed by atoms with Gasteiger partial charge in [-0.1, -0.05) is 24.3 Å². The molecule has 0 aliphatic heterocycles. The van der Waals surface area contributed by atoms with E-state index >= 15 is 0 Å². The molecule has 0 aliphatic carbocycles. The normalized spacial score (nSPS) is 10.6. The number of rotatable bonds is 7. The lowest BCUT2D eigenvalue weighted by Crippen LogP contribution is -2.08. The highest BCUT2D eigenvalue weighted by Crippen LogP contribution is 2.37. The van der Waals surface area contributed by atoms with Crippen LogP contribution < -0.4 is 19.3 Å². The number of hydrogen-bond donors (Lipinski definition) is 0. The van der Waals surface area contributed by atoms with Crippen molar-refractivity contribution in [2.75, 3.05) is 52.2 Å². The largest absolute Gasteiger partial charge is 0.497 e. The topological polar surface area (TPSA) is 37.8 Å². The molecule has 0 radical (unpaired) electrons. The lowest BCUT2D eigenvalue weighted by atomic mass is 9.98. The second-order valence-corrected chi connectivity index (χ2v) is 8.58. The summed E-state index contributed by atoms with van der Waals surface area (Å²) in [4.78, 5) is 9.23. The van der Waals surface area contributed by atoms with Crippen LogP contribution in [0.25, 0.3) is 33.6 Å². The zero-order valence-corrected chi connectivity index (χ0v) is 20.7. The van der Waals surface area contributed by atoms with Gasteiger partial charge in [0.15, 0.2) is 0 Å². The number of ether oxygens (including phenoxy) is 2. The van der Waals surface area contributed by atoms with Gasteiger partial charge in [0.05, 0.1) is 25.6 Å². The average Bonchev–Trinajstić information content (AvgIpc) is 2.88. The Morgan fingerprint density at radius 3 is 1.47 bits per heavy atom. The van der Waals surface area contributed by atoms with Crippen LogP contribution in [0.1, 0.15) is 0 Å². The van der Waals surface area contributed by atoms with Gasteiger partial charge in [-0.2, -0.15) is 0 Å². The van der Waals surface area contributed by atoms with Gasteiger partial charge in [0.1, 0.15) is 11.5 Å². The number of anilines is 2. The SMILES string of the molecule is COc1ccc(OC)c(-c2cc(-c3ccc(N(C)C)cc3)nc(-c3ccc(N(C)C)cc3)c2)c1. The van der Waals surface area contributed by atoms with E-state index in [-0.39, 0.29) is 0 Å². The lowest BCUT2D eigenvalue weighted by molar-refractivity contribution is 0.404. The molecule has 0 bridgehead atoms. The number of aromatic nitrogens is 1. The maximum Gasteiger partial charge on any atom is 0.126 e. The van der Waals surface area contributed by atoms with Crippen LogP contribution in [0.4, 0.5) is 11.4 Å². The molecule has 3 aromatic carbocycles. The summed E-state index contributed by atoms with van der Waals surface area (Å²) in [6.07, 6.45) is 0.